The summed E-state index contributed by atoms with van der Waals surface area (Å²) in [6, 6.07) is 20.6. The number of rotatable bonds is 10. The Hall–Kier alpha value is -5.12. The van der Waals surface area contributed by atoms with E-state index in [4.69, 9.17) is 14.2 Å². The van der Waals surface area contributed by atoms with Gasteiger partial charge in [0.15, 0.2) is 0 Å². The zero-order chi connectivity index (χ0) is 29.4. The Bertz CT molecular complexity index is 1550. The van der Waals surface area contributed by atoms with E-state index in [9.17, 15) is 19.5 Å². The lowest BCUT2D eigenvalue weighted by atomic mass is 10.1. The average Bonchev–Trinajstić information content (AvgIpc) is 2.92. The second-order valence-electron chi connectivity index (χ2n) is 10.1. The molecule has 41 heavy (non-hydrogen) atoms. The van der Waals surface area contributed by atoms with Gasteiger partial charge in [0, 0.05) is 18.8 Å². The number of aromatic carboxylic acids is 1. The molecular formula is C31H31N3O7. The van der Waals surface area contributed by atoms with E-state index in [1.54, 1.807) is 24.3 Å². The number of benzene rings is 3. The van der Waals surface area contributed by atoms with Gasteiger partial charge in [-0.2, -0.15) is 0 Å². The molecule has 0 radical (unpaired) electrons. The number of carboxylic acid groups (broad SMARTS) is 1. The Morgan fingerprint density at radius 3 is 2.29 bits per heavy atom. The number of fused-ring (bicyclic) bond motifs is 1. The standard InChI is InChI=1S/C31H31N3O7/c1-31(2,3)41-30(38)32-15-6-16-39-23-12-9-21-18-24(13-10-20(21)17-23)40-27-14-11-22(19-33-27)28(35)34-26-8-5-4-7-25(26)29(36)37/h4-5,7-14,17-19H,6,15-16H2,1-3H3,(H,32,38)(H,34,35)(H,36,37). The van der Waals surface area contributed by atoms with Gasteiger partial charge in [0.05, 0.1) is 23.4 Å². The molecule has 0 aliphatic carbocycles. The summed E-state index contributed by atoms with van der Waals surface area (Å²) in [5.41, 5.74) is -0.0824. The van der Waals surface area contributed by atoms with Crippen LogP contribution in [0.4, 0.5) is 10.5 Å². The minimum atomic E-state index is -1.13. The molecule has 212 valence electrons. The van der Waals surface area contributed by atoms with E-state index >= 15 is 0 Å². The third-order valence-electron chi connectivity index (χ3n) is 5.67. The molecule has 10 heteroatoms. The molecule has 0 fully saturated rings. The molecule has 2 amide bonds. The first-order valence-corrected chi connectivity index (χ1v) is 13.0. The summed E-state index contributed by atoms with van der Waals surface area (Å²) in [5, 5.41) is 16.5. The first-order chi connectivity index (χ1) is 19.6. The second kappa shape index (κ2) is 12.8. The molecular weight excluding hydrogens is 526 g/mol. The first kappa shape index (κ1) is 28.9. The van der Waals surface area contributed by atoms with E-state index in [1.165, 1.54) is 18.3 Å². The van der Waals surface area contributed by atoms with E-state index < -0.39 is 23.6 Å². The van der Waals surface area contributed by atoms with Crippen molar-refractivity contribution in [2.45, 2.75) is 32.8 Å². The van der Waals surface area contributed by atoms with Gasteiger partial charge in [-0.25, -0.2) is 14.6 Å². The zero-order valence-electron chi connectivity index (χ0n) is 23.0. The minimum Gasteiger partial charge on any atom is -0.494 e. The van der Waals surface area contributed by atoms with Crippen molar-refractivity contribution in [3.05, 3.63) is 90.1 Å². The van der Waals surface area contributed by atoms with Crippen LogP contribution < -0.4 is 20.1 Å². The van der Waals surface area contributed by atoms with Crippen LogP contribution in [-0.2, 0) is 4.74 Å². The molecule has 4 rings (SSSR count). The van der Waals surface area contributed by atoms with E-state index in [0.29, 0.717) is 37.0 Å². The van der Waals surface area contributed by atoms with Crippen LogP contribution in [0.5, 0.6) is 17.4 Å². The van der Waals surface area contributed by atoms with Crippen LogP contribution in [0, 0.1) is 0 Å². The number of aromatic nitrogens is 1. The number of ether oxygens (including phenoxy) is 3. The monoisotopic (exact) mass is 557 g/mol. The summed E-state index contributed by atoms with van der Waals surface area (Å²) in [4.78, 5) is 39.9. The predicted molar refractivity (Wildman–Crippen MR) is 154 cm³/mol. The van der Waals surface area contributed by atoms with Gasteiger partial charge < -0.3 is 30.0 Å². The molecule has 1 aromatic heterocycles. The summed E-state index contributed by atoms with van der Waals surface area (Å²) in [6.45, 7) is 6.33. The molecule has 0 bridgehead atoms. The Morgan fingerprint density at radius 2 is 1.61 bits per heavy atom. The molecule has 1 heterocycles. The van der Waals surface area contributed by atoms with Crippen molar-refractivity contribution in [3.8, 4) is 17.4 Å². The molecule has 0 aliphatic heterocycles. The predicted octanol–water partition coefficient (Wildman–Crippen LogP) is 6.27. The number of hydrogen-bond acceptors (Lipinski definition) is 7. The lowest BCUT2D eigenvalue weighted by Gasteiger charge is -2.19. The Balaban J connectivity index is 1.29. The molecule has 0 spiro atoms. The quantitative estimate of drug-likeness (QED) is 0.194. The van der Waals surface area contributed by atoms with Crippen LogP contribution >= 0.6 is 0 Å². The number of hydrogen-bond donors (Lipinski definition) is 3. The van der Waals surface area contributed by atoms with Crippen LogP contribution in [0.2, 0.25) is 0 Å². The first-order valence-electron chi connectivity index (χ1n) is 13.0. The Kier molecular flexibility index (Phi) is 9.03. The second-order valence-corrected chi connectivity index (χ2v) is 10.1. The number of anilines is 1. The van der Waals surface area contributed by atoms with Crippen LogP contribution in [-0.4, -0.2) is 46.8 Å². The molecule has 0 aliphatic rings. The number of carboxylic acids is 1. The van der Waals surface area contributed by atoms with Gasteiger partial charge in [-0.15, -0.1) is 0 Å². The smallest absolute Gasteiger partial charge is 0.407 e. The number of pyridine rings is 1. The maximum Gasteiger partial charge on any atom is 0.407 e. The lowest BCUT2D eigenvalue weighted by molar-refractivity contribution is 0.0524. The molecule has 10 nitrogen and oxygen atoms in total. The van der Waals surface area contributed by atoms with Crippen molar-refractivity contribution >= 4 is 34.4 Å². The van der Waals surface area contributed by atoms with Gasteiger partial charge in [-0.05, 0) is 80.4 Å². The molecule has 4 aromatic rings. The van der Waals surface area contributed by atoms with Crippen molar-refractivity contribution < 1.29 is 33.7 Å². The largest absolute Gasteiger partial charge is 0.494 e. The van der Waals surface area contributed by atoms with Crippen LogP contribution in [0.3, 0.4) is 0 Å². The van der Waals surface area contributed by atoms with Gasteiger partial charge in [-0.3, -0.25) is 4.79 Å². The summed E-state index contributed by atoms with van der Waals surface area (Å²) in [6.07, 6.45) is 1.55. The molecule has 3 N–H and O–H groups in total. The van der Waals surface area contributed by atoms with E-state index in [-0.39, 0.29) is 16.8 Å². The maximum absolute atomic E-state index is 12.6. The van der Waals surface area contributed by atoms with Crippen molar-refractivity contribution in [1.29, 1.82) is 0 Å². The summed E-state index contributed by atoms with van der Waals surface area (Å²) in [7, 11) is 0. The molecule has 0 unspecified atom stereocenters. The lowest BCUT2D eigenvalue weighted by Crippen LogP contribution is -2.33. The summed E-state index contributed by atoms with van der Waals surface area (Å²) >= 11 is 0. The molecule has 3 aromatic carbocycles. The van der Waals surface area contributed by atoms with Crippen LogP contribution in [0.15, 0.2) is 79.0 Å². The Morgan fingerprint density at radius 1 is 0.902 bits per heavy atom. The fraction of sp³-hybridized carbons (Fsp3) is 0.226. The van der Waals surface area contributed by atoms with Crippen molar-refractivity contribution in [1.82, 2.24) is 10.3 Å². The van der Waals surface area contributed by atoms with Gasteiger partial charge in [0.1, 0.15) is 17.1 Å². The third-order valence-corrected chi connectivity index (χ3v) is 5.67. The number of carbonyl (C=O) groups excluding carboxylic acids is 2. The summed E-state index contributed by atoms with van der Waals surface area (Å²) in [5.74, 6) is -0.0384. The SMILES string of the molecule is CC(C)(C)OC(=O)NCCCOc1ccc2cc(Oc3ccc(C(=O)Nc4ccccc4C(=O)O)cn3)ccc2c1. The van der Waals surface area contributed by atoms with Crippen LogP contribution in [0.25, 0.3) is 10.8 Å². The van der Waals surface area contributed by atoms with E-state index in [0.717, 1.165) is 10.8 Å². The van der Waals surface area contributed by atoms with Gasteiger partial charge in [-0.1, -0.05) is 24.3 Å². The average molecular weight is 558 g/mol. The molecule has 0 saturated carbocycles. The number of nitrogens with zero attached hydrogens (tertiary/aromatic N) is 1. The highest BCUT2D eigenvalue weighted by Crippen LogP contribution is 2.27. The topological polar surface area (TPSA) is 136 Å². The highest BCUT2D eigenvalue weighted by atomic mass is 16.6. The molecule has 0 atom stereocenters. The highest BCUT2D eigenvalue weighted by Gasteiger charge is 2.16. The van der Waals surface area contributed by atoms with Crippen molar-refractivity contribution in [3.63, 3.8) is 0 Å². The maximum atomic E-state index is 12.6. The van der Waals surface area contributed by atoms with Crippen molar-refractivity contribution in [2.24, 2.45) is 0 Å². The minimum absolute atomic E-state index is 0.00339. The zero-order valence-corrected chi connectivity index (χ0v) is 23.0. The number of alkyl carbamates (subject to hydrolysis) is 1. The van der Waals surface area contributed by atoms with Gasteiger partial charge in [0.2, 0.25) is 5.88 Å². The normalized spacial score (nSPS) is 11.0. The van der Waals surface area contributed by atoms with Gasteiger partial charge >= 0.3 is 12.1 Å². The number of amides is 2. The van der Waals surface area contributed by atoms with Crippen LogP contribution in [0.1, 0.15) is 47.9 Å². The van der Waals surface area contributed by atoms with E-state index in [1.807, 2.05) is 57.2 Å². The fourth-order valence-electron chi connectivity index (χ4n) is 3.79. The fourth-order valence-corrected chi connectivity index (χ4v) is 3.79. The highest BCUT2D eigenvalue weighted by molar-refractivity contribution is 6.07. The van der Waals surface area contributed by atoms with E-state index in [2.05, 4.69) is 15.6 Å². The number of carbonyl (C=O) groups is 3. The summed E-state index contributed by atoms with van der Waals surface area (Å²) < 4.78 is 16.9. The Labute approximate surface area is 237 Å². The number of para-hydroxylation sites is 1. The number of nitrogens with one attached hydrogen (secondary N) is 2. The third kappa shape index (κ3) is 8.43. The molecule has 0 saturated heterocycles. The van der Waals surface area contributed by atoms with Gasteiger partial charge in [0.25, 0.3) is 5.91 Å². The van der Waals surface area contributed by atoms with Crippen molar-refractivity contribution in [2.75, 3.05) is 18.5 Å².